The number of phenols is 1. The smallest absolute Gasteiger partial charge is 0.253 e. The summed E-state index contributed by atoms with van der Waals surface area (Å²) in [5.74, 6) is 0.469. The van der Waals surface area contributed by atoms with E-state index in [0.29, 0.717) is 72.0 Å². The Morgan fingerprint density at radius 1 is 0.892 bits per heavy atom. The molecule has 1 saturated carbocycles. The summed E-state index contributed by atoms with van der Waals surface area (Å²) in [5, 5.41) is 53.4. The van der Waals surface area contributed by atoms with Crippen molar-refractivity contribution in [2.45, 2.75) is 75.5 Å². The molecule has 0 spiro atoms. The highest BCUT2D eigenvalue weighted by Gasteiger charge is 2.53. The van der Waals surface area contributed by atoms with Gasteiger partial charge in [0, 0.05) is 76.0 Å². The average Bonchev–Trinajstić information content (AvgIpc) is 3.63. The fourth-order valence-corrected chi connectivity index (χ4v) is 12.2. The maximum atomic E-state index is 12.7. The quantitative estimate of drug-likeness (QED) is 0.0495. The number of anilines is 1. The molecule has 0 unspecified atom stereocenters. The van der Waals surface area contributed by atoms with E-state index in [0.717, 1.165) is 47.9 Å². The van der Waals surface area contributed by atoms with Crippen LogP contribution < -0.4 is 34.3 Å². The first-order valence-corrected chi connectivity index (χ1v) is 22.9. The zero-order valence-electron chi connectivity index (χ0n) is 37.0. The van der Waals surface area contributed by atoms with E-state index in [1.807, 2.05) is 31.2 Å². The van der Waals surface area contributed by atoms with Crippen molar-refractivity contribution < 1.29 is 53.7 Å². The Bertz CT molecular complexity index is 2560. The molecule has 0 saturated heterocycles. The number of aromatic hydroxyl groups is 1. The lowest BCUT2D eigenvalue weighted by Gasteiger charge is -2.54. The van der Waals surface area contributed by atoms with E-state index < -0.39 is 29.6 Å². The number of aliphatic hydroxyl groups excluding tert-OH is 3. The standard InChI is InChI=1S/C51H57N3O11/c1-4-52-26-65-39-20-37(61-2)32-13-14-33-44-36(53-50(60)47(39)46(32)44)19-38-45(33)48(58)34(25-64-38)29-17-40(62-3)49(59)41(18-29)63-24-31(23-55)51-21-27(22-54-42(56)15-16-43(54)57)9-11-30(51)12-10-28-7-5-6-8-35(28)51/h5-8,15-20,27,30-31,34,48,50,52-53,55,58-60H,4,9-14,21-26H2,1-3H3/t27-,30+,31+,34+,48+,50-,51-/m1/s1. The number of phenolic OH excluding ortho intramolecular Hbond substituents is 1. The average molecular weight is 888 g/mol. The van der Waals surface area contributed by atoms with Gasteiger partial charge in [-0.15, -0.1) is 0 Å². The number of ether oxygens (including phenoxy) is 5. The van der Waals surface area contributed by atoms with Gasteiger partial charge in [0.05, 0.1) is 45.7 Å². The third-order valence-electron chi connectivity index (χ3n) is 15.2. The van der Waals surface area contributed by atoms with Gasteiger partial charge in [0.2, 0.25) is 5.75 Å². The van der Waals surface area contributed by atoms with Crippen molar-refractivity contribution in [1.29, 1.82) is 0 Å². The van der Waals surface area contributed by atoms with Gasteiger partial charge in [0.25, 0.3) is 11.8 Å². The van der Waals surface area contributed by atoms with E-state index in [9.17, 15) is 30.0 Å². The summed E-state index contributed by atoms with van der Waals surface area (Å²) in [6.07, 6.45) is 6.00. The van der Waals surface area contributed by atoms with Crippen LogP contribution in [0, 0.1) is 17.8 Å². The highest BCUT2D eigenvalue weighted by molar-refractivity contribution is 6.12. The third-order valence-corrected chi connectivity index (χ3v) is 15.2. The summed E-state index contributed by atoms with van der Waals surface area (Å²) in [6.45, 7) is 3.24. The third kappa shape index (κ3) is 7.07. The molecule has 4 aromatic rings. The fourth-order valence-electron chi connectivity index (χ4n) is 12.2. The van der Waals surface area contributed by atoms with Gasteiger partial charge in [-0.2, -0.15) is 0 Å². The molecular weight excluding hydrogens is 831 g/mol. The van der Waals surface area contributed by atoms with Crippen molar-refractivity contribution in [3.8, 4) is 45.6 Å². The molecule has 3 heterocycles. The lowest BCUT2D eigenvalue weighted by atomic mass is 9.50. The Balaban J connectivity index is 0.976. The van der Waals surface area contributed by atoms with Gasteiger partial charge in [0.1, 0.15) is 24.0 Å². The van der Waals surface area contributed by atoms with Gasteiger partial charge in [-0.05, 0) is 97.7 Å². The summed E-state index contributed by atoms with van der Waals surface area (Å²) in [5.41, 5.74) is 8.03. The van der Waals surface area contributed by atoms with Crippen molar-refractivity contribution in [2.75, 3.05) is 59.2 Å². The highest BCUT2D eigenvalue weighted by atomic mass is 16.5. The molecule has 3 aliphatic heterocycles. The first-order valence-electron chi connectivity index (χ1n) is 22.9. The van der Waals surface area contributed by atoms with Crippen molar-refractivity contribution in [1.82, 2.24) is 10.2 Å². The van der Waals surface area contributed by atoms with Crippen LogP contribution in [0.1, 0.15) is 89.8 Å². The zero-order valence-corrected chi connectivity index (χ0v) is 37.0. The monoisotopic (exact) mass is 887 g/mol. The minimum absolute atomic E-state index is 0.0176. The Hall–Kier alpha value is -5.80. The summed E-state index contributed by atoms with van der Waals surface area (Å²) in [7, 11) is 3.10. The number of rotatable bonds is 14. The SMILES string of the molecule is CCNCOc1cc(OC)c2c3c1[C@@H](O)Nc1cc4c(c(c1-3)CC2)[C@@H](O)[C@H](c1cc(OC)c(O)c(OC[C@H](CO)[C@@]23C[C@H](CN5C(=O)C=CC5=O)CC[C@H]2CCc2ccccc23)c1)CO4. The van der Waals surface area contributed by atoms with Crippen LogP contribution in [0.25, 0.3) is 11.1 Å². The lowest BCUT2D eigenvalue weighted by molar-refractivity contribution is -0.138. The maximum absolute atomic E-state index is 12.7. The van der Waals surface area contributed by atoms with E-state index in [1.165, 1.54) is 35.3 Å². The number of methoxy groups -OCH3 is 2. The first-order chi connectivity index (χ1) is 31.6. The molecule has 0 bridgehead atoms. The van der Waals surface area contributed by atoms with Gasteiger partial charge >= 0.3 is 0 Å². The van der Waals surface area contributed by atoms with Gasteiger partial charge in [-0.3, -0.25) is 19.8 Å². The van der Waals surface area contributed by atoms with E-state index in [-0.39, 0.29) is 67.5 Å². The molecule has 0 radical (unpaired) electrons. The molecular formula is C51H57N3O11. The van der Waals surface area contributed by atoms with Gasteiger partial charge in [-0.1, -0.05) is 31.2 Å². The summed E-state index contributed by atoms with van der Waals surface area (Å²) in [4.78, 5) is 26.7. The number of benzene rings is 4. The Morgan fingerprint density at radius 3 is 2.43 bits per heavy atom. The van der Waals surface area contributed by atoms with E-state index in [2.05, 4.69) is 22.8 Å². The van der Waals surface area contributed by atoms with Crippen LogP contribution in [0.2, 0.25) is 0 Å². The molecule has 10 rings (SSSR count). The predicted molar refractivity (Wildman–Crippen MR) is 241 cm³/mol. The Morgan fingerprint density at radius 2 is 1.66 bits per heavy atom. The van der Waals surface area contributed by atoms with Gasteiger partial charge in [0.15, 0.2) is 17.7 Å². The minimum Gasteiger partial charge on any atom is -0.502 e. The largest absolute Gasteiger partial charge is 0.502 e. The van der Waals surface area contributed by atoms with E-state index >= 15 is 0 Å². The number of hydrogen-bond donors (Lipinski definition) is 6. The number of carbonyl (C=O) groups is 2. The van der Waals surface area contributed by atoms with Crippen LogP contribution in [0.4, 0.5) is 5.69 Å². The number of hydrogen-bond acceptors (Lipinski definition) is 13. The second-order valence-corrected chi connectivity index (χ2v) is 18.3. The number of aryl methyl sites for hydroxylation is 1. The normalized spacial score (nSPS) is 25.1. The summed E-state index contributed by atoms with van der Waals surface area (Å²) < 4.78 is 30.8. The van der Waals surface area contributed by atoms with Crippen LogP contribution in [-0.4, -0.2) is 91.0 Å². The number of nitrogens with zero attached hydrogens (tertiary/aromatic N) is 1. The molecule has 3 aliphatic carbocycles. The number of carbonyl (C=O) groups excluding carboxylic acids is 2. The van der Waals surface area contributed by atoms with Crippen LogP contribution in [0.5, 0.6) is 34.5 Å². The van der Waals surface area contributed by atoms with E-state index in [4.69, 9.17) is 23.7 Å². The Kier molecular flexibility index (Phi) is 11.4. The van der Waals surface area contributed by atoms with Gasteiger partial charge in [-0.25, -0.2) is 0 Å². The topological polar surface area (TPSA) is 189 Å². The molecule has 342 valence electrons. The van der Waals surface area contributed by atoms with Crippen molar-refractivity contribution >= 4 is 17.5 Å². The zero-order chi connectivity index (χ0) is 45.1. The molecule has 4 aromatic carbocycles. The lowest BCUT2D eigenvalue weighted by Crippen LogP contribution is -2.53. The number of imide groups is 1. The fraction of sp³-hybridized carbons (Fsp3) is 0.451. The Labute approximate surface area is 378 Å². The number of fused-ring (bicyclic) bond motifs is 5. The number of amides is 2. The molecule has 14 heteroatoms. The molecule has 1 fully saturated rings. The van der Waals surface area contributed by atoms with E-state index in [1.54, 1.807) is 19.2 Å². The number of aliphatic hydroxyl groups is 3. The van der Waals surface area contributed by atoms with Crippen LogP contribution in [0.3, 0.4) is 0 Å². The van der Waals surface area contributed by atoms with Crippen molar-refractivity contribution in [3.05, 3.63) is 99.6 Å². The van der Waals surface area contributed by atoms with Crippen LogP contribution in [0.15, 0.2) is 60.7 Å². The van der Waals surface area contributed by atoms with Crippen LogP contribution in [-0.2, 0) is 34.3 Å². The molecule has 6 N–H and O–H groups in total. The second-order valence-electron chi connectivity index (χ2n) is 18.3. The molecule has 14 nitrogen and oxygen atoms in total. The first kappa shape index (κ1) is 43.1. The molecule has 6 aliphatic rings. The van der Waals surface area contributed by atoms with Crippen molar-refractivity contribution in [3.63, 3.8) is 0 Å². The number of nitrogens with one attached hydrogen (secondary N) is 2. The van der Waals surface area contributed by atoms with Crippen molar-refractivity contribution in [2.24, 2.45) is 17.8 Å². The molecule has 0 aromatic heterocycles. The second kappa shape index (κ2) is 17.2. The molecule has 65 heavy (non-hydrogen) atoms. The highest BCUT2D eigenvalue weighted by Crippen LogP contribution is 2.59. The summed E-state index contributed by atoms with van der Waals surface area (Å²) in [6, 6.07) is 15.5. The molecule has 7 atom stereocenters. The van der Waals surface area contributed by atoms with Crippen LogP contribution >= 0.6 is 0 Å². The van der Waals surface area contributed by atoms with Gasteiger partial charge < -0.3 is 49.4 Å². The molecule has 2 amide bonds. The predicted octanol–water partition coefficient (Wildman–Crippen LogP) is 5.96. The minimum atomic E-state index is -1.06. The summed E-state index contributed by atoms with van der Waals surface area (Å²) >= 11 is 0. The maximum Gasteiger partial charge on any atom is 0.253 e.